The summed E-state index contributed by atoms with van der Waals surface area (Å²) in [6, 6.07) is 10.7. The quantitative estimate of drug-likeness (QED) is 0.573. The van der Waals surface area contributed by atoms with Crippen LogP contribution in [0.25, 0.3) is 16.9 Å². The van der Waals surface area contributed by atoms with Crippen LogP contribution < -0.4 is 11.0 Å². The van der Waals surface area contributed by atoms with E-state index < -0.39 is 0 Å². The lowest BCUT2D eigenvalue weighted by molar-refractivity contribution is 0.983. The summed E-state index contributed by atoms with van der Waals surface area (Å²) in [7, 11) is 0. The van der Waals surface area contributed by atoms with Crippen LogP contribution in [0.2, 0.25) is 0 Å². The van der Waals surface area contributed by atoms with Gasteiger partial charge in [-0.15, -0.1) is 0 Å². The predicted octanol–water partition coefficient (Wildman–Crippen LogP) is 1.49. The first-order chi connectivity index (χ1) is 10.2. The van der Waals surface area contributed by atoms with E-state index in [-0.39, 0.29) is 11.0 Å². The van der Waals surface area contributed by atoms with Gasteiger partial charge in [0, 0.05) is 48.3 Å². The molecule has 0 saturated heterocycles. The van der Waals surface area contributed by atoms with E-state index in [1.165, 1.54) is 12.1 Å². The number of aromatic amines is 1. The predicted molar refractivity (Wildman–Crippen MR) is 78.7 cm³/mol. The maximum Gasteiger partial charge on any atom is 0.264 e. The van der Waals surface area contributed by atoms with Gasteiger partial charge in [-0.3, -0.25) is 9.59 Å². The molecule has 0 radical (unpaired) electrons. The van der Waals surface area contributed by atoms with E-state index in [4.69, 9.17) is 0 Å². The van der Waals surface area contributed by atoms with E-state index in [0.29, 0.717) is 6.42 Å². The zero-order valence-electron chi connectivity index (χ0n) is 11.0. The van der Waals surface area contributed by atoms with Crippen LogP contribution >= 0.6 is 0 Å². The number of benzene rings is 1. The summed E-state index contributed by atoms with van der Waals surface area (Å²) < 4.78 is 1.89. The molecule has 1 aromatic carbocycles. The number of rotatable bonds is 1. The van der Waals surface area contributed by atoms with Gasteiger partial charge in [0.2, 0.25) is 0 Å². The molecule has 0 saturated carbocycles. The molecule has 102 valence electrons. The Labute approximate surface area is 119 Å². The highest BCUT2D eigenvalue weighted by molar-refractivity contribution is 5.74. The summed E-state index contributed by atoms with van der Waals surface area (Å²) in [6.45, 7) is 0. The van der Waals surface area contributed by atoms with E-state index in [9.17, 15) is 9.59 Å². The fourth-order valence-electron chi connectivity index (χ4n) is 2.72. The molecule has 0 fully saturated rings. The third-order valence-corrected chi connectivity index (χ3v) is 3.71. The highest BCUT2D eigenvalue weighted by Crippen LogP contribution is 2.34. The normalized spacial score (nSPS) is 12.0. The van der Waals surface area contributed by atoms with Gasteiger partial charge >= 0.3 is 0 Å². The highest BCUT2D eigenvalue weighted by atomic mass is 16.1. The van der Waals surface area contributed by atoms with Crippen molar-refractivity contribution in [3.05, 3.63) is 80.5 Å². The summed E-state index contributed by atoms with van der Waals surface area (Å²) in [6.07, 6.45) is 4.19. The van der Waals surface area contributed by atoms with Crippen molar-refractivity contribution in [2.24, 2.45) is 0 Å². The first kappa shape index (κ1) is 11.8. The SMILES string of the molecule is O=c1ccn(-c2ccc3c(c2)Cc2cc(=O)[nH]nc2-3)cc1. The molecule has 1 aliphatic rings. The van der Waals surface area contributed by atoms with Crippen LogP contribution in [0, 0.1) is 0 Å². The number of fused-ring (bicyclic) bond motifs is 3. The molecule has 5 heteroatoms. The molecule has 1 N–H and O–H groups in total. The molecule has 1 aliphatic carbocycles. The highest BCUT2D eigenvalue weighted by Gasteiger charge is 2.20. The Morgan fingerprint density at radius 1 is 1.00 bits per heavy atom. The Morgan fingerprint density at radius 3 is 2.62 bits per heavy atom. The van der Waals surface area contributed by atoms with Crippen molar-refractivity contribution in [2.75, 3.05) is 0 Å². The van der Waals surface area contributed by atoms with Gasteiger partial charge in [0.05, 0.1) is 5.69 Å². The Kier molecular flexibility index (Phi) is 2.41. The van der Waals surface area contributed by atoms with E-state index >= 15 is 0 Å². The van der Waals surface area contributed by atoms with E-state index in [1.54, 1.807) is 18.5 Å². The van der Waals surface area contributed by atoms with Crippen molar-refractivity contribution in [2.45, 2.75) is 6.42 Å². The van der Waals surface area contributed by atoms with Gasteiger partial charge in [-0.2, -0.15) is 5.10 Å². The van der Waals surface area contributed by atoms with Crippen molar-refractivity contribution >= 4 is 0 Å². The number of hydrogen-bond donors (Lipinski definition) is 1. The van der Waals surface area contributed by atoms with E-state index in [1.807, 2.05) is 16.7 Å². The average molecular weight is 277 g/mol. The molecule has 4 rings (SSSR count). The lowest BCUT2D eigenvalue weighted by Crippen LogP contribution is -2.07. The summed E-state index contributed by atoms with van der Waals surface area (Å²) in [5.41, 5.74) is 4.76. The summed E-state index contributed by atoms with van der Waals surface area (Å²) >= 11 is 0. The fourth-order valence-corrected chi connectivity index (χ4v) is 2.72. The standard InChI is InChI=1S/C16H11N3O2/c20-13-3-5-19(6-4-13)12-1-2-14-10(8-12)7-11-9-15(21)17-18-16(11)14/h1-6,8-9H,7H2,(H,17,21). The van der Waals surface area contributed by atoms with Gasteiger partial charge in [0.25, 0.3) is 5.56 Å². The minimum absolute atomic E-state index is 0.0115. The monoisotopic (exact) mass is 277 g/mol. The molecule has 0 amide bonds. The number of pyridine rings is 1. The molecule has 3 aromatic rings. The van der Waals surface area contributed by atoms with Gasteiger partial charge in [0.1, 0.15) is 0 Å². The second-order valence-corrected chi connectivity index (χ2v) is 5.07. The van der Waals surface area contributed by atoms with Gasteiger partial charge in [-0.05, 0) is 23.3 Å². The fraction of sp³-hybridized carbons (Fsp3) is 0.0625. The Balaban J connectivity index is 1.83. The molecule has 0 spiro atoms. The first-order valence-electron chi connectivity index (χ1n) is 6.61. The lowest BCUT2D eigenvalue weighted by Gasteiger charge is -2.08. The molecule has 5 nitrogen and oxygen atoms in total. The number of nitrogens with one attached hydrogen (secondary N) is 1. The molecule has 2 aromatic heterocycles. The van der Waals surface area contributed by atoms with Gasteiger partial charge in [0.15, 0.2) is 5.43 Å². The zero-order valence-corrected chi connectivity index (χ0v) is 11.0. The lowest BCUT2D eigenvalue weighted by atomic mass is 10.1. The largest absolute Gasteiger partial charge is 0.324 e. The van der Waals surface area contributed by atoms with Crippen molar-refractivity contribution in [1.82, 2.24) is 14.8 Å². The van der Waals surface area contributed by atoms with E-state index in [0.717, 1.165) is 28.1 Å². The average Bonchev–Trinajstić information content (AvgIpc) is 2.84. The van der Waals surface area contributed by atoms with Crippen LogP contribution in [0.3, 0.4) is 0 Å². The van der Waals surface area contributed by atoms with Crippen LogP contribution in [0.4, 0.5) is 0 Å². The molecule has 21 heavy (non-hydrogen) atoms. The number of aromatic nitrogens is 3. The summed E-state index contributed by atoms with van der Waals surface area (Å²) in [4.78, 5) is 22.5. The Bertz CT molecular complexity index is 949. The molecule has 2 heterocycles. The van der Waals surface area contributed by atoms with Crippen molar-refractivity contribution in [1.29, 1.82) is 0 Å². The molecule has 0 atom stereocenters. The van der Waals surface area contributed by atoms with Crippen molar-refractivity contribution in [3.8, 4) is 16.9 Å². The van der Waals surface area contributed by atoms with Gasteiger partial charge in [-0.1, -0.05) is 6.07 Å². The van der Waals surface area contributed by atoms with Crippen LogP contribution in [0.15, 0.2) is 58.4 Å². The van der Waals surface area contributed by atoms with Gasteiger partial charge in [-0.25, -0.2) is 5.10 Å². The van der Waals surface area contributed by atoms with Gasteiger partial charge < -0.3 is 4.57 Å². The van der Waals surface area contributed by atoms with Crippen molar-refractivity contribution in [3.63, 3.8) is 0 Å². The maximum absolute atomic E-state index is 11.3. The summed E-state index contributed by atoms with van der Waals surface area (Å²) in [5.74, 6) is 0. The number of nitrogens with zero attached hydrogens (tertiary/aromatic N) is 2. The number of H-pyrrole nitrogens is 1. The van der Waals surface area contributed by atoms with Crippen LogP contribution in [0.5, 0.6) is 0 Å². The molecule has 0 unspecified atom stereocenters. The Hall–Kier alpha value is -2.95. The van der Waals surface area contributed by atoms with Crippen molar-refractivity contribution < 1.29 is 0 Å². The summed E-state index contributed by atoms with van der Waals surface area (Å²) in [5, 5.41) is 6.61. The minimum Gasteiger partial charge on any atom is -0.324 e. The van der Waals surface area contributed by atoms with Crippen LogP contribution in [-0.2, 0) is 6.42 Å². The molecule has 0 bridgehead atoms. The molecule has 0 aliphatic heterocycles. The van der Waals surface area contributed by atoms with E-state index in [2.05, 4.69) is 16.3 Å². The molecular formula is C16H11N3O2. The molecular weight excluding hydrogens is 266 g/mol. The van der Waals surface area contributed by atoms with Crippen LogP contribution in [-0.4, -0.2) is 14.8 Å². The maximum atomic E-state index is 11.3. The smallest absolute Gasteiger partial charge is 0.264 e. The second kappa shape index (κ2) is 4.28. The minimum atomic E-state index is -0.179. The topological polar surface area (TPSA) is 67.8 Å². The Morgan fingerprint density at radius 2 is 1.81 bits per heavy atom. The second-order valence-electron chi connectivity index (χ2n) is 5.07. The zero-order chi connectivity index (χ0) is 14.4. The first-order valence-corrected chi connectivity index (χ1v) is 6.61. The third-order valence-electron chi connectivity index (χ3n) is 3.71. The van der Waals surface area contributed by atoms with Crippen LogP contribution in [0.1, 0.15) is 11.1 Å². The number of hydrogen-bond acceptors (Lipinski definition) is 3. The third kappa shape index (κ3) is 1.90.